The van der Waals surface area contributed by atoms with Crippen molar-refractivity contribution >= 4 is 33.1 Å². The molecule has 0 N–H and O–H groups in total. The summed E-state index contributed by atoms with van der Waals surface area (Å²) in [4.78, 5) is 27.3. The first-order chi connectivity index (χ1) is 14.2. The standard InChI is InChI=1S/C19H16F3N3O4S/c1-2-29-9-8-24-15-11-14(25(27)28)6-7-16(15)30-18(24)23-17(26)12-4-3-5-13(10-12)19(20,21)22/h3-7,10-11H,2,8-9H2,1H3. The van der Waals surface area contributed by atoms with Gasteiger partial charge in [0.2, 0.25) is 0 Å². The highest BCUT2D eigenvalue weighted by molar-refractivity contribution is 7.16. The van der Waals surface area contributed by atoms with Crippen molar-refractivity contribution in [3.8, 4) is 0 Å². The highest BCUT2D eigenvalue weighted by atomic mass is 32.1. The monoisotopic (exact) mass is 439 g/mol. The van der Waals surface area contributed by atoms with E-state index in [4.69, 9.17) is 4.74 Å². The highest BCUT2D eigenvalue weighted by Crippen LogP contribution is 2.29. The lowest BCUT2D eigenvalue weighted by Gasteiger charge is -2.07. The third-order valence-corrected chi connectivity index (χ3v) is 5.23. The number of benzene rings is 2. The molecule has 0 spiro atoms. The van der Waals surface area contributed by atoms with Gasteiger partial charge in [-0.15, -0.1) is 0 Å². The Morgan fingerprint density at radius 3 is 2.70 bits per heavy atom. The van der Waals surface area contributed by atoms with Crippen LogP contribution in [0.3, 0.4) is 0 Å². The van der Waals surface area contributed by atoms with Crippen molar-refractivity contribution in [2.45, 2.75) is 19.6 Å². The lowest BCUT2D eigenvalue weighted by atomic mass is 10.1. The molecule has 0 unspecified atom stereocenters. The zero-order valence-corrected chi connectivity index (χ0v) is 16.5. The van der Waals surface area contributed by atoms with Crippen LogP contribution in [0.1, 0.15) is 22.8 Å². The van der Waals surface area contributed by atoms with Gasteiger partial charge in [-0.05, 0) is 31.2 Å². The number of aromatic nitrogens is 1. The maximum Gasteiger partial charge on any atom is 0.416 e. The van der Waals surface area contributed by atoms with Crippen LogP contribution in [0.2, 0.25) is 0 Å². The number of non-ortho nitro benzene ring substituents is 1. The molecule has 1 heterocycles. The molecule has 3 aromatic rings. The summed E-state index contributed by atoms with van der Waals surface area (Å²) in [7, 11) is 0. The average Bonchev–Trinajstić information content (AvgIpc) is 3.04. The number of carbonyl (C=O) groups is 1. The smallest absolute Gasteiger partial charge is 0.380 e. The molecule has 30 heavy (non-hydrogen) atoms. The number of carbonyl (C=O) groups excluding carboxylic acids is 1. The number of nitrogens with zero attached hydrogens (tertiary/aromatic N) is 3. The van der Waals surface area contributed by atoms with Crippen LogP contribution in [-0.4, -0.2) is 28.6 Å². The van der Waals surface area contributed by atoms with E-state index >= 15 is 0 Å². The Bertz CT molecular complexity index is 1170. The predicted molar refractivity (Wildman–Crippen MR) is 104 cm³/mol. The van der Waals surface area contributed by atoms with Crippen LogP contribution < -0.4 is 4.80 Å². The molecule has 1 amide bonds. The molecule has 0 radical (unpaired) electrons. The highest BCUT2D eigenvalue weighted by Gasteiger charge is 2.30. The molecule has 0 aliphatic rings. The SMILES string of the molecule is CCOCCn1c(=NC(=O)c2cccc(C(F)(F)F)c2)sc2ccc([N+](=O)[O-])cc21. The number of fused-ring (bicyclic) bond motifs is 1. The molecule has 2 aromatic carbocycles. The molecule has 0 fully saturated rings. The molecular formula is C19H16F3N3O4S. The number of rotatable bonds is 6. The summed E-state index contributed by atoms with van der Waals surface area (Å²) in [5.74, 6) is -0.840. The Morgan fingerprint density at radius 1 is 1.27 bits per heavy atom. The van der Waals surface area contributed by atoms with Gasteiger partial charge in [0.15, 0.2) is 4.80 Å². The first kappa shape index (κ1) is 21.7. The van der Waals surface area contributed by atoms with Gasteiger partial charge in [-0.25, -0.2) is 0 Å². The van der Waals surface area contributed by atoms with Crippen LogP contribution >= 0.6 is 11.3 Å². The fourth-order valence-corrected chi connectivity index (χ4v) is 3.79. The van der Waals surface area contributed by atoms with Crippen molar-refractivity contribution in [2.24, 2.45) is 4.99 Å². The van der Waals surface area contributed by atoms with Crippen molar-refractivity contribution in [3.63, 3.8) is 0 Å². The maximum atomic E-state index is 12.9. The van der Waals surface area contributed by atoms with Crippen molar-refractivity contribution in [1.29, 1.82) is 0 Å². The molecule has 7 nitrogen and oxygen atoms in total. The van der Waals surface area contributed by atoms with Crippen molar-refractivity contribution < 1.29 is 27.6 Å². The van der Waals surface area contributed by atoms with Gasteiger partial charge in [0.25, 0.3) is 11.6 Å². The molecule has 0 aliphatic carbocycles. The number of alkyl halides is 3. The Balaban J connectivity index is 2.09. The normalized spacial score (nSPS) is 12.5. The lowest BCUT2D eigenvalue weighted by Crippen LogP contribution is -2.20. The average molecular weight is 439 g/mol. The first-order valence-corrected chi connectivity index (χ1v) is 9.64. The van der Waals surface area contributed by atoms with Crippen LogP contribution in [0.5, 0.6) is 0 Å². The second-order valence-corrected chi connectivity index (χ2v) is 7.15. The first-order valence-electron chi connectivity index (χ1n) is 8.82. The number of nitro benzene ring substituents is 1. The Morgan fingerprint density at radius 2 is 2.03 bits per heavy atom. The second-order valence-electron chi connectivity index (χ2n) is 6.14. The summed E-state index contributed by atoms with van der Waals surface area (Å²) in [5, 5.41) is 11.1. The molecule has 1 aromatic heterocycles. The number of hydrogen-bond acceptors (Lipinski definition) is 5. The summed E-state index contributed by atoms with van der Waals surface area (Å²) in [5.41, 5.74) is -0.782. The number of nitro groups is 1. The minimum Gasteiger partial charge on any atom is -0.380 e. The Kier molecular flexibility index (Phi) is 6.32. The number of amides is 1. The van der Waals surface area contributed by atoms with Gasteiger partial charge >= 0.3 is 6.18 Å². The van der Waals surface area contributed by atoms with Gasteiger partial charge in [-0.1, -0.05) is 17.4 Å². The topological polar surface area (TPSA) is 86.7 Å². The third kappa shape index (κ3) is 4.74. The molecule has 0 atom stereocenters. The number of hydrogen-bond donors (Lipinski definition) is 0. The molecule has 0 saturated heterocycles. The summed E-state index contributed by atoms with van der Waals surface area (Å²) in [6.45, 7) is 2.81. The van der Waals surface area contributed by atoms with Crippen LogP contribution in [0.15, 0.2) is 47.5 Å². The number of thiazole rings is 1. The van der Waals surface area contributed by atoms with Gasteiger partial charge in [0, 0.05) is 30.8 Å². The van der Waals surface area contributed by atoms with Gasteiger partial charge in [0.05, 0.1) is 27.3 Å². The van der Waals surface area contributed by atoms with E-state index in [9.17, 15) is 28.1 Å². The van der Waals surface area contributed by atoms with Crippen LogP contribution in [-0.2, 0) is 17.5 Å². The van der Waals surface area contributed by atoms with E-state index in [-0.39, 0.29) is 29.2 Å². The molecule has 0 saturated carbocycles. The summed E-state index contributed by atoms with van der Waals surface area (Å²) in [6.07, 6.45) is -4.58. The zero-order chi connectivity index (χ0) is 21.9. The van der Waals surface area contributed by atoms with Crippen LogP contribution in [0.25, 0.3) is 10.2 Å². The number of ether oxygens (including phenoxy) is 1. The van der Waals surface area contributed by atoms with E-state index in [1.807, 2.05) is 6.92 Å². The molecule has 158 valence electrons. The predicted octanol–water partition coefficient (Wildman–Crippen LogP) is 4.41. The molecule has 0 aliphatic heterocycles. The zero-order valence-electron chi connectivity index (χ0n) is 15.7. The van der Waals surface area contributed by atoms with Gasteiger partial charge < -0.3 is 9.30 Å². The molecule has 11 heteroatoms. The van der Waals surface area contributed by atoms with Crippen molar-refractivity contribution in [2.75, 3.05) is 13.2 Å². The minimum atomic E-state index is -4.58. The van der Waals surface area contributed by atoms with Gasteiger partial charge in [-0.3, -0.25) is 14.9 Å². The van der Waals surface area contributed by atoms with E-state index in [2.05, 4.69) is 4.99 Å². The Hall–Kier alpha value is -3.05. The van der Waals surface area contributed by atoms with Crippen molar-refractivity contribution in [1.82, 2.24) is 4.57 Å². The quantitative estimate of drug-likeness (QED) is 0.323. The van der Waals surface area contributed by atoms with Crippen LogP contribution in [0.4, 0.5) is 18.9 Å². The largest absolute Gasteiger partial charge is 0.416 e. The molecular weight excluding hydrogens is 423 g/mol. The summed E-state index contributed by atoms with van der Waals surface area (Å²) in [6, 6.07) is 8.26. The molecule has 0 bridgehead atoms. The summed E-state index contributed by atoms with van der Waals surface area (Å²) >= 11 is 1.11. The van der Waals surface area contributed by atoms with Crippen molar-refractivity contribution in [3.05, 3.63) is 68.5 Å². The molecule has 3 rings (SSSR count). The van der Waals surface area contributed by atoms with Gasteiger partial charge in [-0.2, -0.15) is 18.2 Å². The fourth-order valence-electron chi connectivity index (χ4n) is 2.75. The second kappa shape index (κ2) is 8.76. The fraction of sp³-hybridized carbons (Fsp3) is 0.263. The van der Waals surface area contributed by atoms with Gasteiger partial charge in [0.1, 0.15) is 0 Å². The Labute approximate surface area is 172 Å². The van der Waals surface area contributed by atoms with E-state index in [0.29, 0.717) is 16.8 Å². The van der Waals surface area contributed by atoms with E-state index in [1.165, 1.54) is 18.2 Å². The van der Waals surface area contributed by atoms with E-state index in [0.717, 1.165) is 29.5 Å². The maximum absolute atomic E-state index is 12.9. The van der Waals surface area contributed by atoms with E-state index < -0.39 is 22.6 Å². The lowest BCUT2D eigenvalue weighted by molar-refractivity contribution is -0.384. The number of halogens is 3. The minimum absolute atomic E-state index is 0.124. The third-order valence-electron chi connectivity index (χ3n) is 4.17. The summed E-state index contributed by atoms with van der Waals surface area (Å²) < 4.78 is 46.3. The van der Waals surface area contributed by atoms with Crippen LogP contribution in [0, 0.1) is 10.1 Å². The van der Waals surface area contributed by atoms with E-state index in [1.54, 1.807) is 10.6 Å².